The van der Waals surface area contributed by atoms with Gasteiger partial charge in [0.1, 0.15) is 5.75 Å². The predicted molar refractivity (Wildman–Crippen MR) is 97.1 cm³/mol. The van der Waals surface area contributed by atoms with E-state index < -0.39 is 0 Å². The third-order valence-electron chi connectivity index (χ3n) is 2.93. The van der Waals surface area contributed by atoms with Crippen LogP contribution in [0.5, 0.6) is 5.75 Å². The van der Waals surface area contributed by atoms with Crippen LogP contribution in [-0.4, -0.2) is 38.0 Å². The van der Waals surface area contributed by atoms with Gasteiger partial charge in [0.2, 0.25) is 0 Å². The minimum Gasteiger partial charge on any atom is -0.496 e. The molecular weight excluding hydrogens is 294 g/mol. The van der Waals surface area contributed by atoms with E-state index in [1.165, 1.54) is 4.90 Å². The standard InChI is InChI=1S/C17H29N3OS/c1-13(11-19-16(18-5)20-17(2,3)4)12-22-15-10-8-7-9-14(15)21-6/h7-10,13H,11-12H2,1-6H3,(H2,18,19,20). The highest BCUT2D eigenvalue weighted by Crippen LogP contribution is 2.29. The van der Waals surface area contributed by atoms with Gasteiger partial charge in [-0.25, -0.2) is 0 Å². The van der Waals surface area contributed by atoms with Crippen molar-refractivity contribution in [3.63, 3.8) is 0 Å². The van der Waals surface area contributed by atoms with Crippen LogP contribution in [0, 0.1) is 5.92 Å². The molecule has 0 aliphatic carbocycles. The van der Waals surface area contributed by atoms with Crippen molar-refractivity contribution in [1.29, 1.82) is 0 Å². The van der Waals surface area contributed by atoms with Crippen molar-refractivity contribution < 1.29 is 4.74 Å². The second-order valence-electron chi connectivity index (χ2n) is 6.40. The van der Waals surface area contributed by atoms with E-state index in [0.717, 1.165) is 24.0 Å². The zero-order valence-electron chi connectivity index (χ0n) is 14.6. The highest BCUT2D eigenvalue weighted by atomic mass is 32.2. The first-order valence-corrected chi connectivity index (χ1v) is 8.59. The molecule has 1 aromatic rings. The minimum absolute atomic E-state index is 0.0111. The minimum atomic E-state index is 0.0111. The topological polar surface area (TPSA) is 45.7 Å². The maximum absolute atomic E-state index is 5.38. The van der Waals surface area contributed by atoms with E-state index in [0.29, 0.717) is 5.92 Å². The Labute approximate surface area is 139 Å². The van der Waals surface area contributed by atoms with Gasteiger partial charge >= 0.3 is 0 Å². The molecule has 2 N–H and O–H groups in total. The van der Waals surface area contributed by atoms with E-state index in [2.05, 4.69) is 49.4 Å². The second-order valence-corrected chi connectivity index (χ2v) is 7.46. The highest BCUT2D eigenvalue weighted by molar-refractivity contribution is 7.99. The molecule has 0 spiro atoms. The van der Waals surface area contributed by atoms with Gasteiger partial charge < -0.3 is 15.4 Å². The molecule has 1 unspecified atom stereocenters. The molecule has 0 fully saturated rings. The Hall–Kier alpha value is -1.36. The van der Waals surface area contributed by atoms with Crippen LogP contribution in [0.2, 0.25) is 0 Å². The third-order valence-corrected chi connectivity index (χ3v) is 4.31. The lowest BCUT2D eigenvalue weighted by Crippen LogP contribution is -2.48. The van der Waals surface area contributed by atoms with Crippen molar-refractivity contribution in [3.05, 3.63) is 24.3 Å². The lowest BCUT2D eigenvalue weighted by Gasteiger charge is -2.24. The summed E-state index contributed by atoms with van der Waals surface area (Å²) >= 11 is 1.83. The Morgan fingerprint density at radius 1 is 1.32 bits per heavy atom. The predicted octanol–water partition coefficient (Wildman–Crippen LogP) is 3.39. The van der Waals surface area contributed by atoms with E-state index in [-0.39, 0.29) is 5.54 Å². The number of hydrogen-bond acceptors (Lipinski definition) is 3. The molecule has 124 valence electrons. The summed E-state index contributed by atoms with van der Waals surface area (Å²) in [6.45, 7) is 9.50. The summed E-state index contributed by atoms with van der Waals surface area (Å²) in [7, 11) is 3.52. The molecule has 0 aromatic heterocycles. The molecule has 5 heteroatoms. The fourth-order valence-corrected chi connectivity index (χ4v) is 2.88. The summed E-state index contributed by atoms with van der Waals surface area (Å²) in [5.74, 6) is 3.34. The number of hydrogen-bond donors (Lipinski definition) is 2. The molecule has 0 aliphatic rings. The first-order valence-electron chi connectivity index (χ1n) is 7.60. The normalized spacial score (nSPS) is 13.6. The van der Waals surface area contributed by atoms with Crippen molar-refractivity contribution in [2.75, 3.05) is 26.5 Å². The van der Waals surface area contributed by atoms with E-state index >= 15 is 0 Å². The van der Waals surface area contributed by atoms with Gasteiger partial charge in [-0.15, -0.1) is 11.8 Å². The van der Waals surface area contributed by atoms with E-state index in [4.69, 9.17) is 4.74 Å². The number of ether oxygens (including phenoxy) is 1. The first-order chi connectivity index (χ1) is 10.4. The molecule has 1 atom stereocenters. The fraction of sp³-hybridized carbons (Fsp3) is 0.588. The molecule has 1 aromatic carbocycles. The van der Waals surface area contributed by atoms with Crippen LogP contribution in [0.4, 0.5) is 0 Å². The van der Waals surface area contributed by atoms with Crippen LogP contribution in [0.15, 0.2) is 34.2 Å². The average Bonchev–Trinajstić information content (AvgIpc) is 2.48. The molecule has 0 amide bonds. The Morgan fingerprint density at radius 2 is 2.00 bits per heavy atom. The Morgan fingerprint density at radius 3 is 2.59 bits per heavy atom. The van der Waals surface area contributed by atoms with E-state index in [1.54, 1.807) is 14.2 Å². The average molecular weight is 324 g/mol. The molecule has 4 nitrogen and oxygen atoms in total. The second kappa shape index (κ2) is 8.93. The summed E-state index contributed by atoms with van der Waals surface area (Å²) in [6.07, 6.45) is 0. The van der Waals surface area contributed by atoms with Crippen molar-refractivity contribution in [2.24, 2.45) is 10.9 Å². The molecule has 0 bridgehead atoms. The largest absolute Gasteiger partial charge is 0.496 e. The summed E-state index contributed by atoms with van der Waals surface area (Å²) in [5, 5.41) is 6.75. The molecule has 1 rings (SSSR count). The van der Waals surface area contributed by atoms with Crippen molar-refractivity contribution >= 4 is 17.7 Å². The number of nitrogens with zero attached hydrogens (tertiary/aromatic N) is 1. The van der Waals surface area contributed by atoms with Gasteiger partial charge in [-0.1, -0.05) is 19.1 Å². The van der Waals surface area contributed by atoms with E-state index in [9.17, 15) is 0 Å². The number of para-hydroxylation sites is 1. The lowest BCUT2D eigenvalue weighted by atomic mass is 10.1. The van der Waals surface area contributed by atoms with Gasteiger partial charge in [-0.2, -0.15) is 0 Å². The van der Waals surface area contributed by atoms with Crippen LogP contribution in [-0.2, 0) is 0 Å². The van der Waals surface area contributed by atoms with Gasteiger partial charge in [-0.3, -0.25) is 4.99 Å². The van der Waals surface area contributed by atoms with Gasteiger partial charge in [-0.05, 0) is 38.8 Å². The summed E-state index contributed by atoms with van der Waals surface area (Å²) in [4.78, 5) is 5.45. The van der Waals surface area contributed by atoms with Crippen molar-refractivity contribution in [1.82, 2.24) is 10.6 Å². The number of thioether (sulfide) groups is 1. The molecule has 0 aliphatic heterocycles. The summed E-state index contributed by atoms with van der Waals surface area (Å²) in [6, 6.07) is 8.14. The quantitative estimate of drug-likeness (QED) is 0.478. The zero-order chi connectivity index (χ0) is 16.6. The maximum Gasteiger partial charge on any atom is 0.191 e. The smallest absolute Gasteiger partial charge is 0.191 e. The van der Waals surface area contributed by atoms with Crippen LogP contribution in [0.3, 0.4) is 0 Å². The molecule has 0 saturated heterocycles. The number of methoxy groups -OCH3 is 1. The van der Waals surface area contributed by atoms with Crippen molar-refractivity contribution in [3.8, 4) is 5.75 Å². The zero-order valence-corrected chi connectivity index (χ0v) is 15.4. The van der Waals surface area contributed by atoms with Gasteiger partial charge in [0.05, 0.1) is 7.11 Å². The van der Waals surface area contributed by atoms with Crippen LogP contribution < -0.4 is 15.4 Å². The summed E-state index contributed by atoms with van der Waals surface area (Å²) in [5.41, 5.74) is 0.0111. The van der Waals surface area contributed by atoms with Crippen LogP contribution >= 0.6 is 11.8 Å². The van der Waals surface area contributed by atoms with E-state index in [1.807, 2.05) is 30.0 Å². The number of nitrogens with one attached hydrogen (secondary N) is 2. The molecular formula is C17H29N3OS. The molecule has 0 radical (unpaired) electrons. The van der Waals surface area contributed by atoms with Gasteiger partial charge in [0, 0.05) is 29.8 Å². The molecule has 0 heterocycles. The Bertz CT molecular complexity index is 483. The lowest BCUT2D eigenvalue weighted by molar-refractivity contribution is 0.405. The number of rotatable bonds is 6. The molecule has 22 heavy (non-hydrogen) atoms. The highest BCUT2D eigenvalue weighted by Gasteiger charge is 2.13. The van der Waals surface area contributed by atoms with Gasteiger partial charge in [0.15, 0.2) is 5.96 Å². The van der Waals surface area contributed by atoms with Crippen molar-refractivity contribution in [2.45, 2.75) is 38.1 Å². The van der Waals surface area contributed by atoms with Crippen LogP contribution in [0.1, 0.15) is 27.7 Å². The number of aliphatic imine (C=N–C) groups is 1. The monoisotopic (exact) mass is 323 g/mol. The fourth-order valence-electron chi connectivity index (χ4n) is 1.83. The van der Waals surface area contributed by atoms with Gasteiger partial charge in [0.25, 0.3) is 0 Å². The first kappa shape index (κ1) is 18.7. The Balaban J connectivity index is 2.41. The third kappa shape index (κ3) is 7.07. The van der Waals surface area contributed by atoms with Crippen LogP contribution in [0.25, 0.3) is 0 Å². The number of benzene rings is 1. The number of guanidine groups is 1. The maximum atomic E-state index is 5.38. The summed E-state index contributed by atoms with van der Waals surface area (Å²) < 4.78 is 5.38. The molecule has 0 saturated carbocycles. The Kier molecular flexibility index (Phi) is 7.59. The SMILES string of the molecule is CN=C(NCC(C)CSc1ccccc1OC)NC(C)(C)C.